The fraction of sp³-hybridized carbons (Fsp3) is 0.647. The van der Waals surface area contributed by atoms with Crippen LogP contribution in [-0.2, 0) is 9.53 Å². The first-order chi connectivity index (χ1) is 12.3. The molecule has 8 heteroatoms. The summed E-state index contributed by atoms with van der Waals surface area (Å²) in [6.07, 6.45) is 5.77. The lowest BCUT2D eigenvalue weighted by molar-refractivity contribution is -0.124. The number of fused-ring (bicyclic) bond motifs is 1. The minimum Gasteiger partial charge on any atom is -0.376 e. The Kier molecular flexibility index (Phi) is 3.58. The van der Waals surface area contributed by atoms with E-state index >= 15 is 0 Å². The molecule has 1 saturated carbocycles. The molecule has 2 aliphatic heterocycles. The lowest BCUT2D eigenvalue weighted by Crippen LogP contribution is -2.56. The zero-order valence-corrected chi connectivity index (χ0v) is 14.0. The predicted octanol–water partition coefficient (Wildman–Crippen LogP) is 1.24. The van der Waals surface area contributed by atoms with Crippen LogP contribution in [0.4, 0.5) is 5.82 Å². The Balaban J connectivity index is 1.40. The van der Waals surface area contributed by atoms with E-state index in [0.29, 0.717) is 12.3 Å². The lowest BCUT2D eigenvalue weighted by Gasteiger charge is -2.36. The maximum Gasteiger partial charge on any atom is 0.220 e. The summed E-state index contributed by atoms with van der Waals surface area (Å²) in [5.41, 5.74) is 0.778. The largest absolute Gasteiger partial charge is 0.376 e. The highest BCUT2D eigenvalue weighted by molar-refractivity contribution is 5.77. The van der Waals surface area contributed by atoms with Gasteiger partial charge in [-0.2, -0.15) is 4.52 Å². The Morgan fingerprint density at radius 3 is 2.92 bits per heavy atom. The van der Waals surface area contributed by atoms with Gasteiger partial charge in [0.1, 0.15) is 5.82 Å². The summed E-state index contributed by atoms with van der Waals surface area (Å²) in [5.74, 6) is 2.34. The van der Waals surface area contributed by atoms with Gasteiger partial charge >= 0.3 is 0 Å². The third kappa shape index (κ3) is 2.84. The number of hydrogen-bond acceptors (Lipinski definition) is 6. The molecule has 0 spiro atoms. The van der Waals surface area contributed by atoms with Crippen molar-refractivity contribution in [3.63, 3.8) is 0 Å². The second kappa shape index (κ2) is 5.94. The molecule has 3 aliphatic rings. The molecule has 4 heterocycles. The zero-order valence-electron chi connectivity index (χ0n) is 14.0. The normalized spacial score (nSPS) is 29.8. The summed E-state index contributed by atoms with van der Waals surface area (Å²) in [6.45, 7) is 0.777. The topological polar surface area (TPSA) is 93.4 Å². The summed E-state index contributed by atoms with van der Waals surface area (Å²) < 4.78 is 7.67. The van der Waals surface area contributed by atoms with Crippen LogP contribution in [0, 0.1) is 0 Å². The number of carbonyl (C=O) groups is 1. The van der Waals surface area contributed by atoms with Gasteiger partial charge in [-0.25, -0.2) is 0 Å². The molecular formula is C17H22N6O2. The van der Waals surface area contributed by atoms with Crippen LogP contribution in [0.25, 0.3) is 5.65 Å². The number of piperidine rings is 1. The first-order valence-electron chi connectivity index (χ1n) is 9.18. The van der Waals surface area contributed by atoms with Crippen LogP contribution in [-0.4, -0.2) is 50.5 Å². The minimum absolute atomic E-state index is 0.00920. The number of rotatable bonds is 4. The molecule has 1 aliphatic carbocycles. The van der Waals surface area contributed by atoms with Crippen LogP contribution in [0.15, 0.2) is 12.1 Å². The van der Waals surface area contributed by atoms with E-state index in [4.69, 9.17) is 9.84 Å². The molecule has 3 fully saturated rings. The second-order valence-corrected chi connectivity index (χ2v) is 7.26. The molecule has 1 amide bonds. The molecule has 3 atom stereocenters. The first-order valence-corrected chi connectivity index (χ1v) is 9.18. The fourth-order valence-corrected chi connectivity index (χ4v) is 3.89. The van der Waals surface area contributed by atoms with Crippen molar-refractivity contribution in [3.05, 3.63) is 18.0 Å². The molecule has 8 nitrogen and oxygen atoms in total. The SMILES string of the molecule is O=C1CC[C@H](Nc2ccc3nnc(C4CC4)n3n2)[C@@H](C2CCCO2)N1. The number of amides is 1. The number of anilines is 1. The van der Waals surface area contributed by atoms with Gasteiger partial charge in [-0.3, -0.25) is 4.79 Å². The summed E-state index contributed by atoms with van der Waals surface area (Å²) in [4.78, 5) is 11.9. The molecule has 2 N–H and O–H groups in total. The van der Waals surface area contributed by atoms with E-state index in [-0.39, 0.29) is 24.1 Å². The summed E-state index contributed by atoms with van der Waals surface area (Å²) in [5, 5.41) is 19.8. The number of carbonyl (C=O) groups excluding carboxylic acids is 1. The van der Waals surface area contributed by atoms with Gasteiger partial charge in [0.05, 0.1) is 18.2 Å². The quantitative estimate of drug-likeness (QED) is 0.868. The third-order valence-corrected chi connectivity index (χ3v) is 5.37. The van der Waals surface area contributed by atoms with E-state index in [1.165, 1.54) is 0 Å². The number of ether oxygens (including phenoxy) is 1. The van der Waals surface area contributed by atoms with Crippen molar-refractivity contribution in [1.82, 2.24) is 25.1 Å². The van der Waals surface area contributed by atoms with Crippen LogP contribution >= 0.6 is 0 Å². The lowest BCUT2D eigenvalue weighted by atomic mass is 9.92. The molecule has 2 aromatic rings. The zero-order chi connectivity index (χ0) is 16.8. The maximum absolute atomic E-state index is 11.9. The van der Waals surface area contributed by atoms with Crippen LogP contribution in [0.5, 0.6) is 0 Å². The summed E-state index contributed by atoms with van der Waals surface area (Å²) >= 11 is 0. The van der Waals surface area contributed by atoms with E-state index in [9.17, 15) is 4.79 Å². The maximum atomic E-state index is 11.9. The smallest absolute Gasteiger partial charge is 0.220 e. The Morgan fingerprint density at radius 1 is 1.20 bits per heavy atom. The van der Waals surface area contributed by atoms with Crippen LogP contribution in [0.2, 0.25) is 0 Å². The monoisotopic (exact) mass is 342 g/mol. The molecule has 1 unspecified atom stereocenters. The predicted molar refractivity (Wildman–Crippen MR) is 90.3 cm³/mol. The van der Waals surface area contributed by atoms with Crippen LogP contribution in [0.1, 0.15) is 50.3 Å². The van der Waals surface area contributed by atoms with Crippen molar-refractivity contribution in [2.45, 2.75) is 62.6 Å². The van der Waals surface area contributed by atoms with E-state index in [0.717, 1.165) is 56.0 Å². The summed E-state index contributed by atoms with van der Waals surface area (Å²) in [7, 11) is 0. The van der Waals surface area contributed by atoms with Gasteiger partial charge in [0.15, 0.2) is 11.5 Å². The minimum atomic E-state index is -0.00920. The molecule has 2 saturated heterocycles. The molecular weight excluding hydrogens is 320 g/mol. The number of hydrogen-bond donors (Lipinski definition) is 2. The standard InChI is InChI=1S/C17H22N6O2/c24-15-8-5-11(16(19-15)12-2-1-9-25-12)18-13-6-7-14-20-21-17(10-3-4-10)23(14)22-13/h6-7,10-12,16H,1-5,8-9H2,(H,18,22)(H,19,24)/t11-,12?,16-/m0/s1. The van der Waals surface area contributed by atoms with Gasteiger partial charge in [0, 0.05) is 18.9 Å². The molecule has 2 aromatic heterocycles. The van der Waals surface area contributed by atoms with Gasteiger partial charge in [-0.05, 0) is 44.2 Å². The molecule has 25 heavy (non-hydrogen) atoms. The van der Waals surface area contributed by atoms with Crippen molar-refractivity contribution in [2.24, 2.45) is 0 Å². The second-order valence-electron chi connectivity index (χ2n) is 7.26. The van der Waals surface area contributed by atoms with Gasteiger partial charge in [-0.15, -0.1) is 15.3 Å². The molecule has 132 valence electrons. The Bertz CT molecular complexity index is 796. The number of aromatic nitrogens is 4. The highest BCUT2D eigenvalue weighted by Gasteiger charge is 2.37. The van der Waals surface area contributed by atoms with E-state index < -0.39 is 0 Å². The van der Waals surface area contributed by atoms with Gasteiger partial charge < -0.3 is 15.4 Å². The van der Waals surface area contributed by atoms with Crippen molar-refractivity contribution >= 4 is 17.4 Å². The van der Waals surface area contributed by atoms with E-state index in [2.05, 4.69) is 20.8 Å². The average Bonchev–Trinajstić information content (AvgIpc) is 3.16. The number of nitrogens with one attached hydrogen (secondary N) is 2. The molecule has 0 radical (unpaired) electrons. The number of nitrogens with zero attached hydrogens (tertiary/aromatic N) is 4. The van der Waals surface area contributed by atoms with Crippen LogP contribution in [0.3, 0.4) is 0 Å². The molecule has 0 aromatic carbocycles. The highest BCUT2D eigenvalue weighted by Crippen LogP contribution is 2.38. The Labute approximate surface area is 145 Å². The molecule has 5 rings (SSSR count). The fourth-order valence-electron chi connectivity index (χ4n) is 3.89. The first kappa shape index (κ1) is 15.1. The van der Waals surface area contributed by atoms with E-state index in [1.54, 1.807) is 0 Å². The highest BCUT2D eigenvalue weighted by atomic mass is 16.5. The van der Waals surface area contributed by atoms with Crippen LogP contribution < -0.4 is 10.6 Å². The van der Waals surface area contributed by atoms with Crippen molar-refractivity contribution < 1.29 is 9.53 Å². The van der Waals surface area contributed by atoms with Gasteiger partial charge in [0.2, 0.25) is 5.91 Å². The van der Waals surface area contributed by atoms with Gasteiger partial charge in [0.25, 0.3) is 0 Å². The Morgan fingerprint density at radius 2 is 2.12 bits per heavy atom. The van der Waals surface area contributed by atoms with Crippen molar-refractivity contribution in [1.29, 1.82) is 0 Å². The summed E-state index contributed by atoms with van der Waals surface area (Å²) in [6, 6.07) is 3.98. The third-order valence-electron chi connectivity index (χ3n) is 5.37. The van der Waals surface area contributed by atoms with Gasteiger partial charge in [-0.1, -0.05) is 0 Å². The average molecular weight is 342 g/mol. The van der Waals surface area contributed by atoms with Crippen molar-refractivity contribution in [2.75, 3.05) is 11.9 Å². The Hall–Kier alpha value is -2.22. The molecule has 0 bridgehead atoms. The van der Waals surface area contributed by atoms with E-state index in [1.807, 2.05) is 16.6 Å². The van der Waals surface area contributed by atoms with Crippen molar-refractivity contribution in [3.8, 4) is 0 Å².